The highest BCUT2D eigenvalue weighted by atomic mass is 35.5. The zero-order chi connectivity index (χ0) is 19.1. The molecule has 0 spiro atoms. The van der Waals surface area contributed by atoms with Gasteiger partial charge in [0.1, 0.15) is 18.5 Å². The lowest BCUT2D eigenvalue weighted by Gasteiger charge is -2.22. The minimum absolute atomic E-state index is 0. The Morgan fingerprint density at radius 3 is 2.04 bits per heavy atom. The number of nitrogens with one attached hydrogen (secondary N) is 1. The van der Waals surface area contributed by atoms with Crippen molar-refractivity contribution in [1.29, 1.82) is 0 Å². The number of benzene rings is 3. The fraction of sp³-hybridized carbons (Fsp3) is 0.217. The van der Waals surface area contributed by atoms with Crippen molar-refractivity contribution >= 4 is 24.0 Å². The molecule has 0 amide bonds. The predicted octanol–water partition coefficient (Wildman–Crippen LogP) is 5.19. The maximum atomic E-state index is 10.4. The molecule has 0 fully saturated rings. The Kier molecular flexibility index (Phi) is 8.81. The molecule has 1 atom stereocenters. The summed E-state index contributed by atoms with van der Waals surface area (Å²) < 4.78 is 5.75. The van der Waals surface area contributed by atoms with E-state index in [0.717, 1.165) is 16.7 Å². The molecule has 3 nitrogen and oxygen atoms in total. The molecule has 28 heavy (non-hydrogen) atoms. The predicted molar refractivity (Wildman–Crippen MR) is 118 cm³/mol. The van der Waals surface area contributed by atoms with E-state index in [-0.39, 0.29) is 25.1 Å². The van der Waals surface area contributed by atoms with Gasteiger partial charge in [0, 0.05) is 17.1 Å². The van der Waals surface area contributed by atoms with E-state index in [1.165, 1.54) is 0 Å². The van der Waals surface area contributed by atoms with Crippen molar-refractivity contribution in [1.82, 2.24) is 5.32 Å². The number of aliphatic hydroxyl groups excluding tert-OH is 1. The van der Waals surface area contributed by atoms with Crippen LogP contribution in [0.15, 0.2) is 78.9 Å². The second-order valence-corrected chi connectivity index (χ2v) is 6.90. The molecule has 3 rings (SSSR count). The molecular weight excluding hydrogens is 393 g/mol. The minimum atomic E-state index is -0.640. The van der Waals surface area contributed by atoms with Crippen LogP contribution in [-0.2, 0) is 0 Å². The zero-order valence-corrected chi connectivity index (χ0v) is 17.3. The molecule has 0 saturated heterocycles. The number of halogens is 2. The SMILES string of the molecule is Cc1c(Cl)cccc1OCC(O)CNC(c1ccccc1)c1ccccc1.Cl. The van der Waals surface area contributed by atoms with E-state index >= 15 is 0 Å². The third-order valence-electron chi connectivity index (χ3n) is 4.47. The molecule has 0 heterocycles. The van der Waals surface area contributed by atoms with Gasteiger partial charge in [-0.2, -0.15) is 0 Å². The first-order chi connectivity index (χ1) is 13.1. The average Bonchev–Trinajstić information content (AvgIpc) is 2.71. The Morgan fingerprint density at radius 2 is 1.46 bits per heavy atom. The zero-order valence-electron chi connectivity index (χ0n) is 15.7. The minimum Gasteiger partial charge on any atom is -0.491 e. The summed E-state index contributed by atoms with van der Waals surface area (Å²) in [5.74, 6) is 0.698. The molecule has 0 aromatic heterocycles. The van der Waals surface area contributed by atoms with Crippen LogP contribution in [-0.4, -0.2) is 24.4 Å². The second kappa shape index (κ2) is 11.1. The smallest absolute Gasteiger partial charge is 0.123 e. The van der Waals surface area contributed by atoms with Crippen molar-refractivity contribution in [3.63, 3.8) is 0 Å². The van der Waals surface area contributed by atoms with E-state index < -0.39 is 6.10 Å². The molecule has 3 aromatic carbocycles. The number of rotatable bonds is 8. The van der Waals surface area contributed by atoms with Gasteiger partial charge in [0.15, 0.2) is 0 Å². The quantitative estimate of drug-likeness (QED) is 0.529. The number of aliphatic hydroxyl groups is 1. The summed E-state index contributed by atoms with van der Waals surface area (Å²) in [6.45, 7) is 2.52. The van der Waals surface area contributed by atoms with Gasteiger partial charge in [0.25, 0.3) is 0 Å². The maximum Gasteiger partial charge on any atom is 0.123 e. The first-order valence-corrected chi connectivity index (χ1v) is 9.42. The molecule has 0 bridgehead atoms. The summed E-state index contributed by atoms with van der Waals surface area (Å²) in [5, 5.41) is 14.5. The largest absolute Gasteiger partial charge is 0.491 e. The summed E-state index contributed by atoms with van der Waals surface area (Å²) in [6.07, 6.45) is -0.640. The Balaban J connectivity index is 0.00000280. The topological polar surface area (TPSA) is 41.5 Å². The molecule has 5 heteroatoms. The molecule has 0 saturated carbocycles. The third kappa shape index (κ3) is 5.98. The molecule has 2 N–H and O–H groups in total. The van der Waals surface area contributed by atoms with Gasteiger partial charge in [0.05, 0.1) is 6.04 Å². The summed E-state index contributed by atoms with van der Waals surface area (Å²) in [4.78, 5) is 0. The van der Waals surface area contributed by atoms with Crippen LogP contribution in [0.3, 0.4) is 0 Å². The Hall–Kier alpha value is -2.04. The van der Waals surface area contributed by atoms with E-state index in [2.05, 4.69) is 29.6 Å². The van der Waals surface area contributed by atoms with Crippen LogP contribution >= 0.6 is 24.0 Å². The van der Waals surface area contributed by atoms with Crippen LogP contribution < -0.4 is 10.1 Å². The average molecular weight is 418 g/mol. The van der Waals surface area contributed by atoms with Crippen LogP contribution in [0.2, 0.25) is 5.02 Å². The fourth-order valence-electron chi connectivity index (χ4n) is 2.96. The van der Waals surface area contributed by atoms with E-state index in [9.17, 15) is 5.11 Å². The molecule has 0 aliphatic heterocycles. The van der Waals surface area contributed by atoms with Gasteiger partial charge in [-0.25, -0.2) is 0 Å². The van der Waals surface area contributed by atoms with E-state index in [0.29, 0.717) is 17.3 Å². The number of ether oxygens (including phenoxy) is 1. The van der Waals surface area contributed by atoms with Crippen molar-refractivity contribution in [3.05, 3.63) is 101 Å². The van der Waals surface area contributed by atoms with Crippen molar-refractivity contribution in [3.8, 4) is 5.75 Å². The van der Waals surface area contributed by atoms with Gasteiger partial charge in [-0.3, -0.25) is 0 Å². The van der Waals surface area contributed by atoms with Gasteiger partial charge in [-0.1, -0.05) is 78.3 Å². The highest BCUT2D eigenvalue weighted by molar-refractivity contribution is 6.31. The Labute approximate surface area is 177 Å². The van der Waals surface area contributed by atoms with Crippen LogP contribution in [0.25, 0.3) is 0 Å². The normalized spacial score (nSPS) is 11.7. The number of hydrogen-bond acceptors (Lipinski definition) is 3. The van der Waals surface area contributed by atoms with Gasteiger partial charge in [-0.15, -0.1) is 12.4 Å². The van der Waals surface area contributed by atoms with Gasteiger partial charge < -0.3 is 15.2 Å². The summed E-state index contributed by atoms with van der Waals surface area (Å²) >= 11 is 6.11. The Bertz CT molecular complexity index is 804. The molecule has 3 aromatic rings. The molecule has 148 valence electrons. The highest BCUT2D eigenvalue weighted by Gasteiger charge is 2.15. The van der Waals surface area contributed by atoms with Crippen LogP contribution in [0.5, 0.6) is 5.75 Å². The van der Waals surface area contributed by atoms with Crippen LogP contribution in [0.1, 0.15) is 22.7 Å². The van der Waals surface area contributed by atoms with E-state index in [1.807, 2.05) is 61.5 Å². The van der Waals surface area contributed by atoms with Gasteiger partial charge in [0.2, 0.25) is 0 Å². The highest BCUT2D eigenvalue weighted by Crippen LogP contribution is 2.25. The molecule has 0 aliphatic carbocycles. The van der Waals surface area contributed by atoms with Gasteiger partial charge >= 0.3 is 0 Å². The first-order valence-electron chi connectivity index (χ1n) is 9.04. The first kappa shape index (κ1) is 22.3. The van der Waals surface area contributed by atoms with E-state index in [4.69, 9.17) is 16.3 Å². The van der Waals surface area contributed by atoms with Gasteiger partial charge in [-0.05, 0) is 30.2 Å². The molecular formula is C23H25Cl2NO2. The van der Waals surface area contributed by atoms with Crippen LogP contribution in [0, 0.1) is 6.92 Å². The van der Waals surface area contributed by atoms with Crippen molar-refractivity contribution in [2.45, 2.75) is 19.1 Å². The van der Waals surface area contributed by atoms with E-state index in [1.54, 1.807) is 0 Å². The van der Waals surface area contributed by atoms with Crippen LogP contribution in [0.4, 0.5) is 0 Å². The lowest BCUT2D eigenvalue weighted by Crippen LogP contribution is -2.34. The lowest BCUT2D eigenvalue weighted by molar-refractivity contribution is 0.104. The molecule has 0 radical (unpaired) electrons. The standard InChI is InChI=1S/C23H24ClNO2.ClH/c1-17-21(24)13-8-14-22(17)27-16-20(26)15-25-23(18-9-4-2-5-10-18)19-11-6-3-7-12-19;/h2-14,20,23,25-26H,15-16H2,1H3;1H. The molecule has 0 aliphatic rings. The van der Waals surface area contributed by atoms with Crippen molar-refractivity contribution < 1.29 is 9.84 Å². The third-order valence-corrected chi connectivity index (χ3v) is 4.88. The summed E-state index contributed by atoms with van der Waals surface area (Å²) in [5.41, 5.74) is 3.19. The second-order valence-electron chi connectivity index (χ2n) is 6.49. The van der Waals surface area contributed by atoms with Crippen molar-refractivity contribution in [2.24, 2.45) is 0 Å². The lowest BCUT2D eigenvalue weighted by atomic mass is 9.98. The monoisotopic (exact) mass is 417 g/mol. The number of hydrogen-bond donors (Lipinski definition) is 2. The van der Waals surface area contributed by atoms with Crippen molar-refractivity contribution in [2.75, 3.05) is 13.2 Å². The summed E-state index contributed by atoms with van der Waals surface area (Å²) in [6, 6.07) is 26.0. The fourth-order valence-corrected chi connectivity index (χ4v) is 3.13. The Morgan fingerprint density at radius 1 is 0.893 bits per heavy atom. The maximum absolute atomic E-state index is 10.4. The molecule has 1 unspecified atom stereocenters. The summed E-state index contributed by atoms with van der Waals surface area (Å²) in [7, 11) is 0.